The summed E-state index contributed by atoms with van der Waals surface area (Å²) in [5.41, 5.74) is 2.71. The second-order valence-corrected chi connectivity index (χ2v) is 4.32. The van der Waals surface area contributed by atoms with Gasteiger partial charge in [-0.2, -0.15) is 0 Å². The van der Waals surface area contributed by atoms with Gasteiger partial charge in [-0.25, -0.2) is 4.79 Å². The number of carboxylic acid groups (broad SMARTS) is 1. The Labute approximate surface area is 153 Å². The number of phenolic OH excluding ortho intramolecular Hbond substituents is 1. The van der Waals surface area contributed by atoms with E-state index in [-0.39, 0.29) is 55.4 Å². The number of aliphatic carboxylic acids is 1. The maximum Gasteiger partial charge on any atom is 0.336 e. The number of benzene rings is 2. The Morgan fingerprint density at radius 1 is 1.00 bits per heavy atom. The third-order valence-corrected chi connectivity index (χ3v) is 2.80. The van der Waals surface area contributed by atoms with Gasteiger partial charge in [-0.15, -0.1) is 0 Å². The van der Waals surface area contributed by atoms with E-state index >= 15 is 0 Å². The van der Waals surface area contributed by atoms with Crippen LogP contribution in [0, 0.1) is 51.0 Å². The number of aryl methyl sites for hydroxylation is 1. The second-order valence-electron chi connectivity index (χ2n) is 4.32. The molecule has 0 saturated carbocycles. The van der Waals surface area contributed by atoms with E-state index in [4.69, 9.17) is 0 Å². The van der Waals surface area contributed by atoms with Gasteiger partial charge >= 0.3 is 5.97 Å². The number of phenols is 1. The first-order chi connectivity index (χ1) is 9.06. The van der Waals surface area contributed by atoms with Crippen LogP contribution in [0.4, 0.5) is 0 Å². The average Bonchev–Trinajstić information content (AvgIpc) is 2.39. The Bertz CT molecular complexity index is 613. The van der Waals surface area contributed by atoms with E-state index in [0.29, 0.717) is 5.56 Å². The zero-order valence-corrected chi connectivity index (χ0v) is 15.8. The minimum absolute atomic E-state index is 0. The molecule has 0 atom stereocenters. The molecule has 0 saturated heterocycles. The summed E-state index contributed by atoms with van der Waals surface area (Å²) in [6, 6.07) is 13.7. The third kappa shape index (κ3) is 4.47. The van der Waals surface area contributed by atoms with Gasteiger partial charge in [0.25, 0.3) is 0 Å². The van der Waals surface area contributed by atoms with Crippen LogP contribution in [0.5, 0.6) is 5.75 Å². The third-order valence-electron chi connectivity index (χ3n) is 2.80. The molecule has 2 aromatic carbocycles. The molecule has 0 aliphatic rings. The Hall–Kier alpha value is -1.11. The van der Waals surface area contributed by atoms with E-state index in [1.54, 1.807) is 18.2 Å². The van der Waals surface area contributed by atoms with Gasteiger partial charge in [-0.1, -0.05) is 42.0 Å². The van der Waals surface area contributed by atoms with Crippen LogP contribution in [0.25, 0.3) is 11.6 Å². The summed E-state index contributed by atoms with van der Waals surface area (Å²) in [7, 11) is 0. The molecule has 2 N–H and O–H groups in total. The molecule has 4 heteroatoms. The largest absolute Gasteiger partial charge is 0.508 e. The molecular weight excluding hydrogens is 467 g/mol. The zero-order valence-electron chi connectivity index (χ0n) is 11.1. The Kier molecular flexibility index (Phi) is 6.45. The molecule has 20 heavy (non-hydrogen) atoms. The van der Waals surface area contributed by atoms with Gasteiger partial charge in [0.15, 0.2) is 0 Å². The molecule has 0 bridgehead atoms. The molecule has 0 amide bonds. The van der Waals surface area contributed by atoms with E-state index in [2.05, 4.69) is 0 Å². The van der Waals surface area contributed by atoms with Gasteiger partial charge in [0.05, 0.1) is 5.57 Å². The molecule has 0 aliphatic heterocycles. The Morgan fingerprint density at radius 2 is 1.55 bits per heavy atom. The van der Waals surface area contributed by atoms with Crippen molar-refractivity contribution in [3.05, 3.63) is 65.2 Å². The van der Waals surface area contributed by atoms with Crippen molar-refractivity contribution in [3.63, 3.8) is 0 Å². The van der Waals surface area contributed by atoms with Crippen LogP contribution in [0.15, 0.2) is 48.5 Å². The predicted molar refractivity (Wildman–Crippen MR) is 74.8 cm³/mol. The van der Waals surface area contributed by atoms with Crippen molar-refractivity contribution >= 4 is 17.6 Å². The van der Waals surface area contributed by atoms with E-state index < -0.39 is 5.97 Å². The van der Waals surface area contributed by atoms with Gasteiger partial charge in [-0.3, -0.25) is 0 Å². The molecule has 2 aromatic rings. The molecule has 0 aromatic heterocycles. The van der Waals surface area contributed by atoms with Gasteiger partial charge in [-0.05, 0) is 36.3 Å². The number of hydrogen-bond donors (Lipinski definition) is 2. The molecule has 2 rings (SSSR count). The van der Waals surface area contributed by atoms with Crippen LogP contribution in [-0.2, 0) is 4.79 Å². The van der Waals surface area contributed by atoms with Crippen LogP contribution < -0.4 is 0 Å². The fraction of sp³-hybridized carbons (Fsp3) is 0.0625. The van der Waals surface area contributed by atoms with Crippen LogP contribution in [0.2, 0.25) is 0 Å². The smallest absolute Gasteiger partial charge is 0.336 e. The minimum atomic E-state index is -0.994. The average molecular weight is 481 g/mol. The normalized spacial score (nSPS) is 10.8. The van der Waals surface area contributed by atoms with E-state index in [9.17, 15) is 15.0 Å². The van der Waals surface area contributed by atoms with Crippen molar-refractivity contribution in [1.29, 1.82) is 0 Å². The summed E-state index contributed by atoms with van der Waals surface area (Å²) in [6.45, 7) is 1.98. The Morgan fingerprint density at radius 3 is 2.05 bits per heavy atom. The molecule has 0 aliphatic carbocycles. The first-order valence-electron chi connectivity index (χ1n) is 5.87. The quantitative estimate of drug-likeness (QED) is 0.523. The number of rotatable bonds is 3. The van der Waals surface area contributed by atoms with Crippen molar-refractivity contribution < 1.29 is 59.1 Å². The van der Waals surface area contributed by atoms with Crippen LogP contribution in [-0.4, -0.2) is 16.2 Å². The fourth-order valence-corrected chi connectivity index (χ4v) is 1.74. The SMILES string of the molecule is Cc1ccc(/C=C(/C(=O)O)c2ccc(O)cc2)cc1.[Ac]. The first-order valence-corrected chi connectivity index (χ1v) is 5.87. The predicted octanol–water partition coefficient (Wildman–Crippen LogP) is 3.33. The summed E-state index contributed by atoms with van der Waals surface area (Å²) in [5, 5.41) is 18.5. The van der Waals surface area contributed by atoms with Crippen molar-refractivity contribution in [2.45, 2.75) is 6.92 Å². The van der Waals surface area contributed by atoms with Crippen molar-refractivity contribution in [2.75, 3.05) is 0 Å². The van der Waals surface area contributed by atoms with Crippen molar-refractivity contribution in [3.8, 4) is 5.75 Å². The number of hydrogen-bond acceptors (Lipinski definition) is 2. The summed E-state index contributed by atoms with van der Waals surface area (Å²) in [6.07, 6.45) is 1.62. The summed E-state index contributed by atoms with van der Waals surface area (Å²) >= 11 is 0. The van der Waals surface area contributed by atoms with Crippen LogP contribution in [0.1, 0.15) is 16.7 Å². The number of aromatic hydroxyl groups is 1. The van der Waals surface area contributed by atoms with Crippen molar-refractivity contribution in [2.24, 2.45) is 0 Å². The van der Waals surface area contributed by atoms with Gasteiger partial charge in [0.2, 0.25) is 0 Å². The molecule has 1 radical (unpaired) electrons. The van der Waals surface area contributed by atoms with Crippen molar-refractivity contribution in [1.82, 2.24) is 0 Å². The van der Waals surface area contributed by atoms with E-state index in [0.717, 1.165) is 11.1 Å². The maximum atomic E-state index is 11.3. The van der Waals surface area contributed by atoms with E-state index in [1.165, 1.54) is 12.1 Å². The fourth-order valence-electron chi connectivity index (χ4n) is 1.74. The zero-order chi connectivity index (χ0) is 13.8. The molecule has 0 unspecified atom stereocenters. The molecule has 99 valence electrons. The summed E-state index contributed by atoms with van der Waals surface area (Å²) < 4.78 is 0. The molecule has 0 fully saturated rings. The standard InChI is InChI=1S/C16H14O3.Ac/c1-11-2-4-12(5-3-11)10-15(16(18)19)13-6-8-14(17)9-7-13;/h2-10,17H,1H3,(H,18,19);/b15-10+;. The van der Waals surface area contributed by atoms with E-state index in [1.807, 2.05) is 31.2 Å². The van der Waals surface area contributed by atoms with Gasteiger partial charge in [0.1, 0.15) is 5.75 Å². The molecular formula is C16H14AcO3. The van der Waals surface area contributed by atoms with Gasteiger partial charge in [0, 0.05) is 44.1 Å². The first kappa shape index (κ1) is 16.9. The van der Waals surface area contributed by atoms with Crippen LogP contribution >= 0.6 is 0 Å². The summed E-state index contributed by atoms with van der Waals surface area (Å²) in [5.74, 6) is -0.880. The number of carboxylic acids is 1. The monoisotopic (exact) mass is 481 g/mol. The number of carbonyl (C=O) groups is 1. The minimum Gasteiger partial charge on any atom is -0.508 e. The van der Waals surface area contributed by atoms with Gasteiger partial charge < -0.3 is 10.2 Å². The van der Waals surface area contributed by atoms with Crippen LogP contribution in [0.3, 0.4) is 0 Å². The Balaban J connectivity index is 0.00000200. The molecule has 3 nitrogen and oxygen atoms in total. The second kappa shape index (κ2) is 7.62. The molecule has 0 spiro atoms. The topological polar surface area (TPSA) is 57.5 Å². The maximum absolute atomic E-state index is 11.3. The molecule has 0 heterocycles. The summed E-state index contributed by atoms with van der Waals surface area (Å²) in [4.78, 5) is 11.3.